The molecule has 0 bridgehead atoms. The molecule has 3 nitrogen and oxygen atoms in total. The summed E-state index contributed by atoms with van der Waals surface area (Å²) < 4.78 is 6.25. The van der Waals surface area contributed by atoms with Gasteiger partial charge in [-0.1, -0.05) is 18.0 Å². The fourth-order valence-electron chi connectivity index (χ4n) is 3.25. The summed E-state index contributed by atoms with van der Waals surface area (Å²) in [7, 11) is 4.18. The first kappa shape index (κ1) is 16.5. The van der Waals surface area contributed by atoms with Gasteiger partial charge in [0.1, 0.15) is 5.75 Å². The van der Waals surface area contributed by atoms with Gasteiger partial charge in [-0.2, -0.15) is 0 Å². The lowest BCUT2D eigenvalue weighted by Gasteiger charge is -2.17. The van der Waals surface area contributed by atoms with E-state index in [0.717, 1.165) is 54.1 Å². The monoisotopic (exact) mass is 332 g/mol. The van der Waals surface area contributed by atoms with Crippen LogP contribution in [0, 0.1) is 0 Å². The van der Waals surface area contributed by atoms with Gasteiger partial charge in [-0.3, -0.25) is 4.98 Å². The number of aromatic nitrogens is 1. The van der Waals surface area contributed by atoms with Crippen LogP contribution < -0.4 is 4.74 Å². The maximum absolute atomic E-state index is 6.25. The average molecular weight is 333 g/mol. The Morgan fingerprint density at radius 1 is 1.17 bits per heavy atom. The lowest BCUT2D eigenvalue weighted by Crippen LogP contribution is -2.16. The molecule has 1 aromatic heterocycles. The zero-order valence-electron chi connectivity index (χ0n) is 14.1. The molecule has 0 N–H and O–H groups in total. The van der Waals surface area contributed by atoms with Gasteiger partial charge in [0.2, 0.25) is 0 Å². The highest BCUT2D eigenvalue weighted by Gasteiger charge is 2.18. The van der Waals surface area contributed by atoms with Crippen LogP contribution in [-0.4, -0.2) is 37.1 Å². The molecule has 1 aliphatic rings. The van der Waals surface area contributed by atoms with Gasteiger partial charge >= 0.3 is 0 Å². The zero-order valence-corrected chi connectivity index (χ0v) is 14.8. The van der Waals surface area contributed by atoms with Gasteiger partial charge in [0.25, 0.3) is 0 Å². The fourth-order valence-corrected chi connectivity index (χ4v) is 3.42. The average Bonchev–Trinajstić information content (AvgIpc) is 2.76. The molecule has 0 spiro atoms. The second kappa shape index (κ2) is 7.50. The molecule has 3 rings (SSSR count). The number of pyridine rings is 1. The third-order valence-electron chi connectivity index (χ3n) is 4.42. The lowest BCUT2D eigenvalue weighted by atomic mass is 10.0. The fraction of sp³-hybridized carbons (Fsp3) is 0.526. The highest BCUT2D eigenvalue weighted by atomic mass is 35.5. The van der Waals surface area contributed by atoms with Crippen molar-refractivity contribution >= 4 is 22.5 Å². The molecule has 0 saturated heterocycles. The molecule has 0 fully saturated rings. The summed E-state index contributed by atoms with van der Waals surface area (Å²) in [6.45, 7) is 1.77. The molecule has 1 heterocycles. The van der Waals surface area contributed by atoms with Gasteiger partial charge in [-0.25, -0.2) is 0 Å². The number of aryl methyl sites for hydroxylation is 1. The molecule has 0 amide bonds. The first-order chi connectivity index (χ1) is 11.1. The molecular weight excluding hydrogens is 308 g/mol. The maximum atomic E-state index is 6.25. The summed E-state index contributed by atoms with van der Waals surface area (Å²) in [4.78, 5) is 7.07. The van der Waals surface area contributed by atoms with Gasteiger partial charge in [0.05, 0.1) is 12.1 Å². The largest absolute Gasteiger partial charge is 0.492 e. The van der Waals surface area contributed by atoms with Crippen LogP contribution in [0.25, 0.3) is 10.9 Å². The third kappa shape index (κ3) is 3.96. The quantitative estimate of drug-likeness (QED) is 0.596. The Hall–Kier alpha value is -1.32. The van der Waals surface area contributed by atoms with Crippen LogP contribution in [-0.2, 0) is 12.8 Å². The minimum atomic E-state index is 0.732. The van der Waals surface area contributed by atoms with Gasteiger partial charge in [-0.05, 0) is 64.4 Å². The van der Waals surface area contributed by atoms with E-state index in [4.69, 9.17) is 21.3 Å². The van der Waals surface area contributed by atoms with E-state index in [9.17, 15) is 0 Å². The van der Waals surface area contributed by atoms with Crippen LogP contribution in [0.2, 0.25) is 5.02 Å². The number of rotatable bonds is 5. The van der Waals surface area contributed by atoms with Crippen LogP contribution in [0.3, 0.4) is 0 Å². The molecule has 23 heavy (non-hydrogen) atoms. The Morgan fingerprint density at radius 3 is 2.83 bits per heavy atom. The van der Waals surface area contributed by atoms with E-state index in [1.54, 1.807) is 0 Å². The Morgan fingerprint density at radius 2 is 2.00 bits per heavy atom. The molecule has 0 radical (unpaired) electrons. The molecule has 4 heteroatoms. The van der Waals surface area contributed by atoms with Crippen molar-refractivity contribution < 1.29 is 4.74 Å². The molecule has 2 aromatic rings. The minimum absolute atomic E-state index is 0.732. The second-order valence-corrected chi connectivity index (χ2v) is 7.03. The normalized spacial score (nSPS) is 14.8. The molecule has 0 atom stereocenters. The van der Waals surface area contributed by atoms with Crippen molar-refractivity contribution in [1.29, 1.82) is 0 Å². The standard InChI is InChI=1S/C19H25ClN2O/c1-22(2)11-6-12-23-19-15-7-4-3-5-8-17(15)21-18-10-9-14(20)13-16(18)19/h9-10,13H,3-8,11-12H2,1-2H3. The van der Waals surface area contributed by atoms with Crippen LogP contribution >= 0.6 is 11.6 Å². The molecule has 1 aromatic carbocycles. The number of nitrogens with zero attached hydrogens (tertiary/aromatic N) is 2. The van der Waals surface area contributed by atoms with E-state index in [-0.39, 0.29) is 0 Å². The van der Waals surface area contributed by atoms with E-state index in [1.807, 2.05) is 18.2 Å². The molecule has 1 aliphatic carbocycles. The summed E-state index contributed by atoms with van der Waals surface area (Å²) in [5.74, 6) is 1.02. The van der Waals surface area contributed by atoms with Crippen molar-refractivity contribution in [2.45, 2.75) is 38.5 Å². The van der Waals surface area contributed by atoms with E-state index in [0.29, 0.717) is 0 Å². The topological polar surface area (TPSA) is 25.4 Å². The molecule has 0 aliphatic heterocycles. The van der Waals surface area contributed by atoms with Crippen molar-refractivity contribution in [2.24, 2.45) is 0 Å². The van der Waals surface area contributed by atoms with Gasteiger partial charge in [0.15, 0.2) is 0 Å². The Balaban J connectivity index is 1.97. The molecule has 124 valence electrons. The maximum Gasteiger partial charge on any atom is 0.133 e. The van der Waals surface area contributed by atoms with Crippen molar-refractivity contribution in [3.8, 4) is 5.75 Å². The minimum Gasteiger partial charge on any atom is -0.492 e. The predicted octanol–water partition coefficient (Wildman–Crippen LogP) is 4.49. The SMILES string of the molecule is CN(C)CCCOc1c2c(nc3ccc(Cl)cc13)CCCCC2. The third-order valence-corrected chi connectivity index (χ3v) is 4.65. The number of hydrogen-bond donors (Lipinski definition) is 0. The summed E-state index contributed by atoms with van der Waals surface area (Å²) >= 11 is 6.22. The van der Waals surface area contributed by atoms with Crippen LogP contribution in [0.15, 0.2) is 18.2 Å². The van der Waals surface area contributed by atoms with Gasteiger partial charge in [0, 0.05) is 28.2 Å². The van der Waals surface area contributed by atoms with E-state index >= 15 is 0 Å². The van der Waals surface area contributed by atoms with Crippen molar-refractivity contribution in [1.82, 2.24) is 9.88 Å². The number of fused-ring (bicyclic) bond motifs is 2. The molecule has 0 saturated carbocycles. The van der Waals surface area contributed by atoms with Crippen molar-refractivity contribution in [2.75, 3.05) is 27.2 Å². The van der Waals surface area contributed by atoms with Gasteiger partial charge < -0.3 is 9.64 Å². The van der Waals surface area contributed by atoms with Gasteiger partial charge in [-0.15, -0.1) is 0 Å². The van der Waals surface area contributed by atoms with E-state index in [2.05, 4.69) is 19.0 Å². The molecular formula is C19H25ClN2O. The summed E-state index contributed by atoms with van der Waals surface area (Å²) in [5, 5.41) is 1.80. The number of ether oxygens (including phenoxy) is 1. The number of benzene rings is 1. The Kier molecular flexibility index (Phi) is 5.39. The lowest BCUT2D eigenvalue weighted by molar-refractivity contribution is 0.281. The summed E-state index contributed by atoms with van der Waals surface area (Å²) in [6.07, 6.45) is 6.85. The smallest absolute Gasteiger partial charge is 0.133 e. The van der Waals surface area contributed by atoms with Crippen molar-refractivity contribution in [3.63, 3.8) is 0 Å². The Labute approximate surface area is 143 Å². The van der Waals surface area contributed by atoms with E-state index < -0.39 is 0 Å². The zero-order chi connectivity index (χ0) is 16.2. The number of halogens is 1. The van der Waals surface area contributed by atoms with Crippen molar-refractivity contribution in [3.05, 3.63) is 34.5 Å². The summed E-state index contributed by atoms with van der Waals surface area (Å²) in [5.41, 5.74) is 3.53. The summed E-state index contributed by atoms with van der Waals surface area (Å²) in [6, 6.07) is 5.92. The highest BCUT2D eigenvalue weighted by molar-refractivity contribution is 6.31. The van der Waals surface area contributed by atoms with E-state index in [1.165, 1.54) is 30.5 Å². The molecule has 0 unspecified atom stereocenters. The van der Waals surface area contributed by atoms with Crippen LogP contribution in [0.4, 0.5) is 0 Å². The number of hydrogen-bond acceptors (Lipinski definition) is 3. The highest BCUT2D eigenvalue weighted by Crippen LogP contribution is 2.35. The first-order valence-corrected chi connectivity index (χ1v) is 8.91. The predicted molar refractivity (Wildman–Crippen MR) is 96.7 cm³/mol. The second-order valence-electron chi connectivity index (χ2n) is 6.59. The Bertz CT molecular complexity index is 685. The van der Waals surface area contributed by atoms with Crippen LogP contribution in [0.1, 0.15) is 36.9 Å². The first-order valence-electron chi connectivity index (χ1n) is 8.53. The van der Waals surface area contributed by atoms with Crippen LogP contribution in [0.5, 0.6) is 5.75 Å².